The van der Waals surface area contributed by atoms with E-state index >= 15 is 0 Å². The number of amides is 1. The first kappa shape index (κ1) is 20.9. The van der Waals surface area contributed by atoms with Crippen molar-refractivity contribution in [1.82, 2.24) is 4.57 Å². The zero-order valence-electron chi connectivity index (χ0n) is 15.2. The smallest absolute Gasteiger partial charge is 0.221 e. The largest absolute Gasteiger partial charge is 0.383 e. The molecule has 0 saturated carbocycles. The highest BCUT2D eigenvalue weighted by molar-refractivity contribution is 7.14. The van der Waals surface area contributed by atoms with Crippen LogP contribution in [0.15, 0.2) is 65.7 Å². The van der Waals surface area contributed by atoms with Gasteiger partial charge in [-0.3, -0.25) is 4.79 Å². The van der Waals surface area contributed by atoms with Gasteiger partial charge in [0.25, 0.3) is 0 Å². The molecule has 1 amide bonds. The van der Waals surface area contributed by atoms with Crippen LogP contribution in [0.4, 0.5) is 10.7 Å². The van der Waals surface area contributed by atoms with E-state index in [9.17, 15) is 4.79 Å². The Morgan fingerprint density at radius 2 is 1.74 bits per heavy atom. The molecule has 0 unspecified atom stereocenters. The fourth-order valence-electron chi connectivity index (χ4n) is 2.63. The summed E-state index contributed by atoms with van der Waals surface area (Å²) in [6.07, 6.45) is 0. The summed E-state index contributed by atoms with van der Waals surface area (Å²) in [4.78, 5) is 17.3. The normalized spacial score (nSPS) is 11.1. The molecule has 1 N–H and O–H groups in total. The maximum atomic E-state index is 11.7. The van der Waals surface area contributed by atoms with Gasteiger partial charge < -0.3 is 14.6 Å². The number of halogens is 1. The van der Waals surface area contributed by atoms with Crippen molar-refractivity contribution in [3.63, 3.8) is 0 Å². The van der Waals surface area contributed by atoms with E-state index in [4.69, 9.17) is 9.73 Å². The molecule has 3 aromatic rings. The summed E-state index contributed by atoms with van der Waals surface area (Å²) in [6, 6.07) is 19.8. The monoisotopic (exact) mass is 403 g/mol. The minimum atomic E-state index is -0.103. The number of rotatable bonds is 6. The van der Waals surface area contributed by atoms with Gasteiger partial charge in [0.2, 0.25) is 5.91 Å². The van der Waals surface area contributed by atoms with Gasteiger partial charge in [0.1, 0.15) is 5.00 Å². The Labute approximate surface area is 168 Å². The van der Waals surface area contributed by atoms with Crippen LogP contribution in [0.25, 0.3) is 11.3 Å². The maximum absolute atomic E-state index is 11.7. The molecule has 0 spiro atoms. The zero-order chi connectivity index (χ0) is 18.4. The molecular weight excluding hydrogens is 382 g/mol. The van der Waals surface area contributed by atoms with Gasteiger partial charge in [-0.05, 0) is 12.1 Å². The molecule has 7 heteroatoms. The number of anilines is 1. The standard InChI is InChI=1S/C20H21N3O2S.ClH/c1-15(24)21-19-18(16-9-5-3-6-10-16)23(13-14-25-2)20(26-19)22-17-11-7-4-8-12-17;/h3-12H,13-14H2,1-2H3,(H,21,24);1H. The molecule has 5 nitrogen and oxygen atoms in total. The van der Waals surface area contributed by atoms with Gasteiger partial charge in [-0.25, -0.2) is 4.99 Å². The Morgan fingerprint density at radius 3 is 2.33 bits per heavy atom. The quantitative estimate of drug-likeness (QED) is 0.659. The van der Waals surface area contributed by atoms with Crippen LogP contribution in [0.3, 0.4) is 0 Å². The van der Waals surface area contributed by atoms with Crippen LogP contribution in [0.1, 0.15) is 6.92 Å². The molecule has 3 rings (SSSR count). The predicted octanol–water partition coefficient (Wildman–Crippen LogP) is 4.48. The number of nitrogens with one attached hydrogen (secondary N) is 1. The molecule has 0 bridgehead atoms. The number of ether oxygens (including phenoxy) is 1. The minimum Gasteiger partial charge on any atom is -0.383 e. The molecule has 0 aliphatic carbocycles. The number of carbonyl (C=O) groups is 1. The summed E-state index contributed by atoms with van der Waals surface area (Å²) < 4.78 is 7.39. The number of methoxy groups -OCH3 is 1. The lowest BCUT2D eigenvalue weighted by molar-refractivity contribution is -0.114. The van der Waals surface area contributed by atoms with Crippen molar-refractivity contribution in [3.8, 4) is 11.3 Å². The third kappa shape index (κ3) is 5.29. The van der Waals surface area contributed by atoms with Gasteiger partial charge >= 0.3 is 0 Å². The average Bonchev–Trinajstić information content (AvgIpc) is 2.97. The van der Waals surface area contributed by atoms with Gasteiger partial charge in [0.05, 0.1) is 18.0 Å². The highest BCUT2D eigenvalue weighted by atomic mass is 35.5. The van der Waals surface area contributed by atoms with Gasteiger partial charge in [0.15, 0.2) is 4.80 Å². The van der Waals surface area contributed by atoms with Crippen LogP contribution in [-0.2, 0) is 16.1 Å². The predicted molar refractivity (Wildman–Crippen MR) is 113 cm³/mol. The second-order valence-electron chi connectivity index (χ2n) is 5.70. The fraction of sp³-hybridized carbons (Fsp3) is 0.200. The molecule has 142 valence electrons. The Morgan fingerprint density at radius 1 is 1.11 bits per heavy atom. The fourth-order valence-corrected chi connectivity index (χ4v) is 3.77. The molecule has 0 aliphatic rings. The van der Waals surface area contributed by atoms with Crippen molar-refractivity contribution < 1.29 is 9.53 Å². The first-order chi connectivity index (χ1) is 12.7. The number of carbonyl (C=O) groups excluding carboxylic acids is 1. The SMILES string of the molecule is COCCn1c(-c2ccccc2)c(NC(C)=O)sc1=Nc1ccccc1.Cl. The molecule has 27 heavy (non-hydrogen) atoms. The maximum Gasteiger partial charge on any atom is 0.221 e. The Balaban J connectivity index is 0.00000261. The van der Waals surface area contributed by atoms with E-state index in [0.29, 0.717) is 13.2 Å². The molecule has 2 aromatic carbocycles. The minimum absolute atomic E-state index is 0. The van der Waals surface area contributed by atoms with Crippen molar-refractivity contribution in [1.29, 1.82) is 0 Å². The van der Waals surface area contributed by atoms with Crippen molar-refractivity contribution >= 4 is 40.3 Å². The van der Waals surface area contributed by atoms with Gasteiger partial charge in [-0.1, -0.05) is 59.9 Å². The number of para-hydroxylation sites is 1. The van der Waals surface area contributed by atoms with Gasteiger partial charge in [0, 0.05) is 26.1 Å². The number of hydrogen-bond donors (Lipinski definition) is 1. The molecule has 1 heterocycles. The number of hydrogen-bond acceptors (Lipinski definition) is 4. The first-order valence-electron chi connectivity index (χ1n) is 8.34. The molecular formula is C20H22ClN3O2S. The summed E-state index contributed by atoms with van der Waals surface area (Å²) in [6.45, 7) is 2.71. The van der Waals surface area contributed by atoms with Crippen molar-refractivity contribution in [3.05, 3.63) is 65.5 Å². The van der Waals surface area contributed by atoms with Crippen LogP contribution in [0, 0.1) is 0 Å². The topological polar surface area (TPSA) is 55.6 Å². The van der Waals surface area contributed by atoms with Crippen LogP contribution < -0.4 is 10.1 Å². The first-order valence-corrected chi connectivity index (χ1v) is 9.16. The summed E-state index contributed by atoms with van der Waals surface area (Å²) >= 11 is 1.46. The van der Waals surface area contributed by atoms with Gasteiger partial charge in [-0.15, -0.1) is 12.4 Å². The van der Waals surface area contributed by atoms with E-state index in [0.717, 1.165) is 26.7 Å². The van der Waals surface area contributed by atoms with E-state index in [-0.39, 0.29) is 18.3 Å². The Kier molecular flexibility index (Phi) is 7.79. The third-order valence-corrected chi connectivity index (χ3v) is 4.74. The third-order valence-electron chi connectivity index (χ3n) is 3.75. The summed E-state index contributed by atoms with van der Waals surface area (Å²) in [5, 5.41) is 3.74. The van der Waals surface area contributed by atoms with Crippen molar-refractivity contribution in [2.45, 2.75) is 13.5 Å². The van der Waals surface area contributed by atoms with Crippen LogP contribution >= 0.6 is 23.7 Å². The Bertz CT molecular complexity index is 937. The van der Waals surface area contributed by atoms with Crippen LogP contribution in [0.5, 0.6) is 0 Å². The lowest BCUT2D eigenvalue weighted by Gasteiger charge is -2.11. The van der Waals surface area contributed by atoms with Gasteiger partial charge in [-0.2, -0.15) is 0 Å². The second-order valence-corrected chi connectivity index (χ2v) is 6.68. The Hall–Kier alpha value is -2.41. The van der Waals surface area contributed by atoms with E-state index < -0.39 is 0 Å². The van der Waals surface area contributed by atoms with Crippen LogP contribution in [-0.4, -0.2) is 24.2 Å². The van der Waals surface area contributed by atoms with Crippen molar-refractivity contribution in [2.75, 3.05) is 19.0 Å². The highest BCUT2D eigenvalue weighted by Gasteiger charge is 2.16. The highest BCUT2D eigenvalue weighted by Crippen LogP contribution is 2.31. The number of thiazole rings is 1. The number of benzene rings is 2. The molecule has 0 atom stereocenters. The van der Waals surface area contributed by atoms with E-state index in [2.05, 4.69) is 9.88 Å². The lowest BCUT2D eigenvalue weighted by atomic mass is 10.1. The van der Waals surface area contributed by atoms with E-state index in [1.807, 2.05) is 60.7 Å². The van der Waals surface area contributed by atoms with E-state index in [1.54, 1.807) is 7.11 Å². The average molecular weight is 404 g/mol. The lowest BCUT2D eigenvalue weighted by Crippen LogP contribution is -2.18. The number of nitrogens with zero attached hydrogens (tertiary/aromatic N) is 2. The molecule has 0 saturated heterocycles. The van der Waals surface area contributed by atoms with Crippen LogP contribution in [0.2, 0.25) is 0 Å². The molecule has 0 radical (unpaired) electrons. The molecule has 0 aliphatic heterocycles. The molecule has 0 fully saturated rings. The second kappa shape index (κ2) is 10.1. The number of aromatic nitrogens is 1. The van der Waals surface area contributed by atoms with E-state index in [1.165, 1.54) is 18.3 Å². The molecule has 1 aromatic heterocycles. The van der Waals surface area contributed by atoms with Crippen molar-refractivity contribution in [2.24, 2.45) is 4.99 Å². The summed E-state index contributed by atoms with van der Waals surface area (Å²) in [5.41, 5.74) is 2.84. The summed E-state index contributed by atoms with van der Waals surface area (Å²) in [7, 11) is 1.68. The zero-order valence-corrected chi connectivity index (χ0v) is 16.8. The summed E-state index contributed by atoms with van der Waals surface area (Å²) in [5.74, 6) is -0.103.